The number of carbonyl (C=O) groups excluding carboxylic acids is 2. The number of hydrogen-bond acceptors (Lipinski definition) is 7. The van der Waals surface area contributed by atoms with Gasteiger partial charge in [0.2, 0.25) is 0 Å². The molecule has 8 heteroatoms. The molecule has 1 amide bonds. The highest BCUT2D eigenvalue weighted by molar-refractivity contribution is 5.98. The van der Waals surface area contributed by atoms with Crippen LogP contribution in [0.2, 0.25) is 0 Å². The summed E-state index contributed by atoms with van der Waals surface area (Å²) in [5, 5.41) is 16.2. The molecule has 2 aliphatic rings. The summed E-state index contributed by atoms with van der Waals surface area (Å²) >= 11 is 0. The number of nitrogens with one attached hydrogen (secondary N) is 2. The van der Waals surface area contributed by atoms with E-state index in [1.807, 2.05) is 0 Å². The zero-order chi connectivity index (χ0) is 24.7. The molecule has 0 saturated heterocycles. The highest BCUT2D eigenvalue weighted by atomic mass is 16.5. The van der Waals surface area contributed by atoms with E-state index in [-0.39, 0.29) is 11.3 Å². The fraction of sp³-hybridized carbons (Fsp3) is 0.704. The number of hydrogen-bond donors (Lipinski definition) is 3. The molecular formula is C27H42N2O6. The maximum atomic E-state index is 12.1. The second-order valence-corrected chi connectivity index (χ2v) is 9.62. The molecule has 0 bridgehead atoms. The number of phenols is 1. The Hall–Kier alpha value is -2.00. The van der Waals surface area contributed by atoms with Gasteiger partial charge in [0.1, 0.15) is 12.0 Å². The van der Waals surface area contributed by atoms with Crippen molar-refractivity contribution in [2.24, 2.45) is 11.8 Å². The summed E-state index contributed by atoms with van der Waals surface area (Å²) in [6.45, 7) is 4.85. The first-order valence-corrected chi connectivity index (χ1v) is 13.2. The second-order valence-electron chi connectivity index (χ2n) is 9.62. The first kappa shape index (κ1) is 27.6. The third-order valence-electron chi connectivity index (χ3n) is 6.83. The minimum Gasteiger partial charge on any atom is -0.507 e. The maximum absolute atomic E-state index is 12.1. The predicted molar refractivity (Wildman–Crippen MR) is 134 cm³/mol. The van der Waals surface area contributed by atoms with E-state index in [9.17, 15) is 14.7 Å². The molecule has 0 radical (unpaired) electrons. The van der Waals surface area contributed by atoms with Gasteiger partial charge in [-0.1, -0.05) is 19.3 Å². The average molecular weight is 491 g/mol. The summed E-state index contributed by atoms with van der Waals surface area (Å²) < 4.78 is 16.7. The van der Waals surface area contributed by atoms with Crippen LogP contribution in [0.4, 0.5) is 0 Å². The van der Waals surface area contributed by atoms with Gasteiger partial charge >= 0.3 is 0 Å². The lowest BCUT2D eigenvalue weighted by Crippen LogP contribution is -2.31. The minimum atomic E-state index is -0.415. The van der Waals surface area contributed by atoms with Crippen LogP contribution in [0.25, 0.3) is 0 Å². The molecule has 0 spiro atoms. The molecule has 1 aromatic rings. The SMILES string of the molecule is O=Cc1ccc(O)c(C(=O)NCCCOCCOCCOCCCNC2CCCCC3CC3C2)c1. The molecule has 8 nitrogen and oxygen atoms in total. The van der Waals surface area contributed by atoms with Gasteiger partial charge in [-0.05, 0) is 68.7 Å². The third-order valence-corrected chi connectivity index (χ3v) is 6.83. The van der Waals surface area contributed by atoms with E-state index in [2.05, 4.69) is 10.6 Å². The number of rotatable bonds is 17. The molecule has 3 atom stereocenters. The molecular weight excluding hydrogens is 448 g/mol. The summed E-state index contributed by atoms with van der Waals surface area (Å²) in [6, 6.07) is 4.87. The zero-order valence-corrected chi connectivity index (χ0v) is 20.8. The van der Waals surface area contributed by atoms with Crippen molar-refractivity contribution < 1.29 is 28.9 Å². The van der Waals surface area contributed by atoms with Crippen molar-refractivity contribution >= 4 is 12.2 Å². The Morgan fingerprint density at radius 2 is 1.60 bits per heavy atom. The quantitative estimate of drug-likeness (QED) is 0.227. The van der Waals surface area contributed by atoms with E-state index < -0.39 is 5.91 Å². The lowest BCUT2D eigenvalue weighted by molar-refractivity contribution is 0.0138. The van der Waals surface area contributed by atoms with Crippen molar-refractivity contribution in [3.05, 3.63) is 29.3 Å². The van der Waals surface area contributed by atoms with Gasteiger partial charge in [-0.2, -0.15) is 0 Å². The monoisotopic (exact) mass is 490 g/mol. The Balaban J connectivity index is 1.06. The van der Waals surface area contributed by atoms with Crippen molar-refractivity contribution in [3.63, 3.8) is 0 Å². The Morgan fingerprint density at radius 1 is 0.914 bits per heavy atom. The summed E-state index contributed by atoms with van der Waals surface area (Å²) in [7, 11) is 0. The van der Waals surface area contributed by atoms with E-state index in [0.717, 1.165) is 31.4 Å². The number of carbonyl (C=O) groups is 2. The summed E-state index contributed by atoms with van der Waals surface area (Å²) in [6.07, 6.45) is 10.7. The van der Waals surface area contributed by atoms with Crippen LogP contribution in [-0.4, -0.2) is 76.1 Å². The van der Waals surface area contributed by atoms with E-state index in [1.54, 1.807) is 0 Å². The van der Waals surface area contributed by atoms with E-state index in [0.29, 0.717) is 63.9 Å². The van der Waals surface area contributed by atoms with Crippen molar-refractivity contribution in [1.29, 1.82) is 0 Å². The van der Waals surface area contributed by atoms with Crippen LogP contribution in [0, 0.1) is 11.8 Å². The smallest absolute Gasteiger partial charge is 0.255 e. The molecule has 3 N–H and O–H groups in total. The Bertz CT molecular complexity index is 774. The number of amides is 1. The van der Waals surface area contributed by atoms with Gasteiger partial charge in [-0.3, -0.25) is 9.59 Å². The highest BCUT2D eigenvalue weighted by Crippen LogP contribution is 2.47. The summed E-state index contributed by atoms with van der Waals surface area (Å²) in [5.41, 5.74) is 0.434. The molecule has 3 unspecified atom stereocenters. The molecule has 196 valence electrons. The number of ether oxygens (including phenoxy) is 3. The Morgan fingerprint density at radius 3 is 2.34 bits per heavy atom. The third kappa shape index (κ3) is 10.7. The second kappa shape index (κ2) is 15.9. The fourth-order valence-electron chi connectivity index (χ4n) is 4.72. The molecule has 35 heavy (non-hydrogen) atoms. The molecule has 0 aromatic heterocycles. The van der Waals surface area contributed by atoms with Gasteiger partial charge < -0.3 is 30.0 Å². The summed E-state index contributed by atoms with van der Waals surface area (Å²) in [4.78, 5) is 22.9. The van der Waals surface area contributed by atoms with Crippen LogP contribution in [-0.2, 0) is 14.2 Å². The first-order valence-electron chi connectivity index (χ1n) is 13.2. The maximum Gasteiger partial charge on any atom is 0.255 e. The van der Waals surface area contributed by atoms with Crippen LogP contribution in [0.1, 0.15) is 72.1 Å². The normalized spacial score (nSPS) is 21.5. The highest BCUT2D eigenvalue weighted by Gasteiger charge is 2.38. The summed E-state index contributed by atoms with van der Waals surface area (Å²) in [5.74, 6) is 1.47. The molecule has 1 aromatic carbocycles. The minimum absolute atomic E-state index is 0.0914. The Labute approximate surface area is 209 Å². The molecule has 3 rings (SSSR count). The molecule has 2 fully saturated rings. The van der Waals surface area contributed by atoms with Gasteiger partial charge in [-0.15, -0.1) is 0 Å². The van der Waals surface area contributed by atoms with Gasteiger partial charge in [-0.25, -0.2) is 0 Å². The number of fused-ring (bicyclic) bond motifs is 1. The molecule has 0 aliphatic heterocycles. The molecule has 2 aliphatic carbocycles. The predicted octanol–water partition coefficient (Wildman–Crippen LogP) is 3.32. The number of aromatic hydroxyl groups is 1. The standard InChI is InChI=1S/C27H42N2O6/c30-20-21-7-8-26(31)25(17-21)27(32)29-10-4-12-34-14-16-35-15-13-33-11-3-9-28-24-6-2-1-5-22-18-23(22)19-24/h7-8,17,20,22-24,28,31H,1-6,9-16,18-19H2,(H,29,32). The van der Waals surface area contributed by atoms with E-state index in [1.165, 1.54) is 56.7 Å². The van der Waals surface area contributed by atoms with Gasteiger partial charge in [0.05, 0.1) is 32.0 Å². The average Bonchev–Trinajstić information content (AvgIpc) is 3.58. The topological polar surface area (TPSA) is 106 Å². The van der Waals surface area contributed by atoms with Crippen LogP contribution in [0.3, 0.4) is 0 Å². The Kier molecular flexibility index (Phi) is 12.5. The van der Waals surface area contributed by atoms with Gasteiger partial charge in [0.25, 0.3) is 5.91 Å². The molecule has 0 heterocycles. The van der Waals surface area contributed by atoms with E-state index in [4.69, 9.17) is 14.2 Å². The molecule has 2 saturated carbocycles. The lowest BCUT2D eigenvalue weighted by Gasteiger charge is -2.21. The van der Waals surface area contributed by atoms with Crippen LogP contribution in [0.5, 0.6) is 5.75 Å². The van der Waals surface area contributed by atoms with Gasteiger partial charge in [0, 0.05) is 31.4 Å². The first-order chi connectivity index (χ1) is 17.2. The lowest BCUT2D eigenvalue weighted by atomic mass is 9.97. The van der Waals surface area contributed by atoms with Crippen molar-refractivity contribution in [3.8, 4) is 5.75 Å². The number of phenolic OH excluding ortho intramolecular Hbond substituents is 1. The van der Waals surface area contributed by atoms with Crippen molar-refractivity contribution in [2.75, 3.05) is 52.7 Å². The van der Waals surface area contributed by atoms with Crippen LogP contribution in [0.15, 0.2) is 18.2 Å². The fourth-order valence-corrected chi connectivity index (χ4v) is 4.72. The zero-order valence-electron chi connectivity index (χ0n) is 20.8. The van der Waals surface area contributed by atoms with Crippen molar-refractivity contribution in [1.82, 2.24) is 10.6 Å². The van der Waals surface area contributed by atoms with Gasteiger partial charge in [0.15, 0.2) is 0 Å². The number of benzene rings is 1. The number of aldehydes is 1. The van der Waals surface area contributed by atoms with Crippen LogP contribution >= 0.6 is 0 Å². The van der Waals surface area contributed by atoms with Crippen molar-refractivity contribution in [2.45, 2.75) is 57.4 Å². The van der Waals surface area contributed by atoms with Crippen LogP contribution < -0.4 is 10.6 Å². The van der Waals surface area contributed by atoms with E-state index >= 15 is 0 Å². The largest absolute Gasteiger partial charge is 0.507 e.